The van der Waals surface area contributed by atoms with Crippen molar-refractivity contribution in [2.75, 3.05) is 26.9 Å². The van der Waals surface area contributed by atoms with Crippen molar-refractivity contribution >= 4 is 5.97 Å². The Bertz CT molecular complexity index is 400. The highest BCUT2D eigenvalue weighted by molar-refractivity contribution is 5.67. The molecule has 3 atom stereocenters. The molecule has 0 radical (unpaired) electrons. The maximum absolute atomic E-state index is 9.12. The van der Waals surface area contributed by atoms with E-state index in [1.165, 1.54) is 0 Å². The van der Waals surface area contributed by atoms with Crippen molar-refractivity contribution in [3.8, 4) is 0 Å². The van der Waals surface area contributed by atoms with Gasteiger partial charge in [-0.2, -0.15) is 0 Å². The Labute approximate surface area is 190 Å². The van der Waals surface area contributed by atoms with Crippen LogP contribution < -0.4 is 0 Å². The van der Waals surface area contributed by atoms with E-state index in [4.69, 9.17) is 34.7 Å². The summed E-state index contributed by atoms with van der Waals surface area (Å²) < 4.78 is 10.6. The first-order valence-corrected chi connectivity index (χ1v) is 11.0. The fourth-order valence-corrected chi connectivity index (χ4v) is 1.88. The van der Waals surface area contributed by atoms with E-state index >= 15 is 0 Å². The Morgan fingerprint density at radius 2 is 1.35 bits per heavy atom. The van der Waals surface area contributed by atoms with Gasteiger partial charge in [0, 0.05) is 26.7 Å². The van der Waals surface area contributed by atoms with Gasteiger partial charge in [-0.15, -0.1) is 0 Å². The second kappa shape index (κ2) is 30.7. The van der Waals surface area contributed by atoms with Crippen LogP contribution in [-0.2, 0) is 14.3 Å². The topological polar surface area (TPSA) is 116 Å². The van der Waals surface area contributed by atoms with Gasteiger partial charge >= 0.3 is 5.97 Å². The number of carboxylic acid groups (broad SMARTS) is 1. The van der Waals surface area contributed by atoms with E-state index in [2.05, 4.69) is 13.8 Å². The van der Waals surface area contributed by atoms with E-state index in [0.717, 1.165) is 12.8 Å². The maximum atomic E-state index is 9.12. The minimum atomic E-state index is -1.19. The maximum Gasteiger partial charge on any atom is 0.329 e. The number of aliphatic hydroxyl groups is 3. The number of carbonyl (C=O) groups is 1. The Kier molecular flexibility index (Phi) is 36.5. The fraction of sp³-hybridized carbons (Fsp3) is 0.708. The molecule has 4 N–H and O–H groups in total. The number of hydrogen-bond donors (Lipinski definition) is 4. The smallest absolute Gasteiger partial charge is 0.329 e. The molecule has 7 nitrogen and oxygen atoms in total. The molecule has 31 heavy (non-hydrogen) atoms. The van der Waals surface area contributed by atoms with Gasteiger partial charge in [-0.25, -0.2) is 4.79 Å². The van der Waals surface area contributed by atoms with Gasteiger partial charge in [0.25, 0.3) is 0 Å². The zero-order chi connectivity index (χ0) is 25.1. The van der Waals surface area contributed by atoms with E-state index in [1.54, 1.807) is 14.0 Å². The van der Waals surface area contributed by atoms with E-state index in [9.17, 15) is 0 Å². The fourth-order valence-electron chi connectivity index (χ4n) is 1.88. The molecule has 0 bridgehead atoms. The SMILES string of the molecule is CC.CC(C)CO.CCC1O[C@H](OC)CC1C.CCO.O=C(O)CO.c1ccccc1. The van der Waals surface area contributed by atoms with Crippen LogP contribution in [0.3, 0.4) is 0 Å². The standard InChI is InChI=1S/C8H16O2.C6H6.C4H10O.C2H4O3.C2H6O.C2H6/c1-4-7-6(2)5-8(9-3)10-7;1-2-4-6-5-3-1;1-4(2)3-5;3-1-2(4)5;1-2-3;1-2/h6-8H,4-5H2,1-3H3;1-6H;4-5H,3H2,1-2H3;3H,1H2,(H,4,5);3H,2H2,1H3;1-2H3/t6?,7?,8-;;;;;/m0...../s1. The van der Waals surface area contributed by atoms with Gasteiger partial charge in [-0.3, -0.25) is 0 Å². The molecule has 0 amide bonds. The summed E-state index contributed by atoms with van der Waals surface area (Å²) in [5, 5.41) is 30.7. The minimum Gasteiger partial charge on any atom is -0.480 e. The zero-order valence-corrected chi connectivity index (χ0v) is 20.8. The van der Waals surface area contributed by atoms with Crippen LogP contribution in [0, 0.1) is 11.8 Å². The van der Waals surface area contributed by atoms with Gasteiger partial charge in [0.15, 0.2) is 6.29 Å². The largest absolute Gasteiger partial charge is 0.480 e. The molecule has 2 rings (SSSR count). The molecule has 0 saturated carbocycles. The molecular formula is C24H48O7. The van der Waals surface area contributed by atoms with Crippen LogP contribution in [-0.4, -0.2) is 65.7 Å². The van der Waals surface area contributed by atoms with E-state index in [0.29, 0.717) is 24.5 Å². The summed E-state index contributed by atoms with van der Waals surface area (Å²) >= 11 is 0. The normalized spacial score (nSPS) is 18.1. The molecule has 186 valence electrons. The van der Waals surface area contributed by atoms with E-state index in [1.807, 2.05) is 64.1 Å². The van der Waals surface area contributed by atoms with Crippen molar-refractivity contribution in [3.05, 3.63) is 36.4 Å². The van der Waals surface area contributed by atoms with Crippen molar-refractivity contribution < 1.29 is 34.7 Å². The summed E-state index contributed by atoms with van der Waals surface area (Å²) in [5.41, 5.74) is 0. The molecular weight excluding hydrogens is 400 g/mol. The molecule has 0 spiro atoms. The average molecular weight is 449 g/mol. The van der Waals surface area contributed by atoms with Crippen molar-refractivity contribution in [1.29, 1.82) is 0 Å². The van der Waals surface area contributed by atoms with Crippen molar-refractivity contribution in [1.82, 2.24) is 0 Å². The summed E-state index contributed by atoms with van der Waals surface area (Å²) in [6, 6.07) is 12.0. The first kappa shape index (κ1) is 36.8. The number of aliphatic carboxylic acids is 1. The highest BCUT2D eigenvalue weighted by atomic mass is 16.7. The van der Waals surface area contributed by atoms with Crippen LogP contribution in [0.1, 0.15) is 61.3 Å². The van der Waals surface area contributed by atoms with Gasteiger partial charge < -0.3 is 29.9 Å². The number of benzene rings is 1. The number of hydrogen-bond acceptors (Lipinski definition) is 6. The number of rotatable bonds is 4. The van der Waals surface area contributed by atoms with Crippen molar-refractivity contribution in [2.24, 2.45) is 11.8 Å². The molecule has 7 heteroatoms. The van der Waals surface area contributed by atoms with Crippen molar-refractivity contribution in [3.63, 3.8) is 0 Å². The van der Waals surface area contributed by atoms with E-state index in [-0.39, 0.29) is 12.9 Å². The second-order valence-electron chi connectivity index (χ2n) is 6.56. The molecule has 1 fully saturated rings. The van der Waals surface area contributed by atoms with E-state index < -0.39 is 12.6 Å². The minimum absolute atomic E-state index is 0.0555. The van der Waals surface area contributed by atoms with Crippen LogP contribution in [0.25, 0.3) is 0 Å². The van der Waals surface area contributed by atoms with Gasteiger partial charge in [0.2, 0.25) is 0 Å². The number of aliphatic hydroxyl groups excluding tert-OH is 3. The molecule has 1 aromatic carbocycles. The molecule has 1 heterocycles. The van der Waals surface area contributed by atoms with Gasteiger partial charge in [0.1, 0.15) is 6.61 Å². The second-order valence-corrected chi connectivity index (χ2v) is 6.56. The Balaban J connectivity index is -0.000000153. The van der Waals surface area contributed by atoms with Crippen LogP contribution in [0.4, 0.5) is 0 Å². The molecule has 1 aromatic rings. The van der Waals surface area contributed by atoms with Crippen molar-refractivity contribution in [2.45, 2.75) is 73.7 Å². The van der Waals surface area contributed by atoms with Crippen LogP contribution in [0.2, 0.25) is 0 Å². The third-order valence-electron chi connectivity index (χ3n) is 3.36. The highest BCUT2D eigenvalue weighted by Gasteiger charge is 2.30. The Morgan fingerprint density at radius 3 is 1.48 bits per heavy atom. The number of methoxy groups -OCH3 is 1. The highest BCUT2D eigenvalue weighted by Crippen LogP contribution is 2.27. The van der Waals surface area contributed by atoms with Gasteiger partial charge in [-0.1, -0.05) is 77.9 Å². The Morgan fingerprint density at radius 1 is 1.03 bits per heavy atom. The zero-order valence-electron chi connectivity index (χ0n) is 20.8. The molecule has 1 aliphatic rings. The lowest BCUT2D eigenvalue weighted by Crippen LogP contribution is -2.13. The Hall–Kier alpha value is -1.51. The van der Waals surface area contributed by atoms with Crippen LogP contribution in [0.5, 0.6) is 0 Å². The number of carboxylic acids is 1. The lowest BCUT2D eigenvalue weighted by molar-refractivity contribution is -0.140. The van der Waals surface area contributed by atoms with Gasteiger partial charge in [-0.05, 0) is 25.2 Å². The lowest BCUT2D eigenvalue weighted by atomic mass is 10.0. The first-order chi connectivity index (χ1) is 14.7. The lowest BCUT2D eigenvalue weighted by Gasteiger charge is -2.11. The molecule has 0 aliphatic carbocycles. The summed E-state index contributed by atoms with van der Waals surface area (Å²) in [5.74, 6) is -0.0880. The van der Waals surface area contributed by atoms with Crippen LogP contribution >= 0.6 is 0 Å². The van der Waals surface area contributed by atoms with Gasteiger partial charge in [0.05, 0.1) is 6.10 Å². The molecule has 1 aliphatic heterocycles. The summed E-state index contributed by atoms with van der Waals surface area (Å²) in [6.07, 6.45) is 2.63. The summed E-state index contributed by atoms with van der Waals surface area (Å²) in [4.78, 5) is 9.12. The molecule has 0 aromatic heterocycles. The molecule has 2 unspecified atom stereocenters. The first-order valence-electron chi connectivity index (χ1n) is 11.0. The summed E-state index contributed by atoms with van der Waals surface area (Å²) in [6.45, 7) is 13.8. The summed E-state index contributed by atoms with van der Waals surface area (Å²) in [7, 11) is 1.70. The quantitative estimate of drug-likeness (QED) is 0.545. The third kappa shape index (κ3) is 33.3. The predicted molar refractivity (Wildman–Crippen MR) is 127 cm³/mol. The predicted octanol–water partition coefficient (Wildman–Crippen LogP) is 4.20. The number of ether oxygens (including phenoxy) is 2. The average Bonchev–Trinajstić information content (AvgIpc) is 3.18. The monoisotopic (exact) mass is 448 g/mol. The van der Waals surface area contributed by atoms with Crippen LogP contribution in [0.15, 0.2) is 36.4 Å². The third-order valence-corrected chi connectivity index (χ3v) is 3.36. The molecule has 1 saturated heterocycles.